The topological polar surface area (TPSA) is 102 Å². The van der Waals surface area contributed by atoms with Gasteiger partial charge in [-0.1, -0.05) is 0 Å². The molecule has 0 amide bonds. The summed E-state index contributed by atoms with van der Waals surface area (Å²) in [4.78, 5) is 3.99. The Morgan fingerprint density at radius 3 is 2.56 bits per heavy atom. The third-order valence-electron chi connectivity index (χ3n) is 2.17. The normalized spacial score (nSPS) is 11.2. The van der Waals surface area contributed by atoms with E-state index in [0.29, 0.717) is 11.3 Å². The lowest BCUT2D eigenvalue weighted by Gasteiger charge is -2.00. The Labute approximate surface area is 107 Å². The quantitative estimate of drug-likeness (QED) is 0.751. The zero-order valence-electron chi connectivity index (χ0n) is 9.07. The Morgan fingerprint density at radius 1 is 1.39 bits per heavy atom. The summed E-state index contributed by atoms with van der Waals surface area (Å²) in [6, 6.07) is 5.02. The van der Waals surface area contributed by atoms with Crippen LogP contribution < -0.4 is 0 Å². The van der Waals surface area contributed by atoms with Gasteiger partial charge in [0.15, 0.2) is 5.82 Å². The number of nitrogens with zero attached hydrogens (tertiary/aromatic N) is 5. The molecule has 7 nitrogen and oxygen atoms in total. The largest absolute Gasteiger partial charge is 0.299 e. The number of hydrogen-bond acceptors (Lipinski definition) is 6. The van der Waals surface area contributed by atoms with Crippen LogP contribution in [0.5, 0.6) is 0 Å². The Hall–Kier alpha value is -1.98. The summed E-state index contributed by atoms with van der Waals surface area (Å²) in [5, 5.41) is 15.5. The van der Waals surface area contributed by atoms with Gasteiger partial charge in [0.1, 0.15) is 11.8 Å². The first-order valence-corrected chi connectivity index (χ1v) is 6.95. The van der Waals surface area contributed by atoms with E-state index < -0.39 is 9.05 Å². The second kappa shape index (κ2) is 4.36. The average molecular weight is 284 g/mol. The molecule has 0 saturated carbocycles. The number of aromatic nitrogens is 4. The van der Waals surface area contributed by atoms with Crippen molar-refractivity contribution in [2.24, 2.45) is 7.05 Å². The zero-order chi connectivity index (χ0) is 13.3. The third-order valence-corrected chi connectivity index (χ3v) is 3.38. The van der Waals surface area contributed by atoms with Crippen molar-refractivity contribution in [3.8, 4) is 17.6 Å². The smallest absolute Gasteiger partial charge is 0.296 e. The van der Waals surface area contributed by atoms with Gasteiger partial charge in [-0.15, -0.1) is 10.2 Å². The predicted octanol–water partition coefficient (Wildman–Crippen LogP) is 0.676. The van der Waals surface area contributed by atoms with Gasteiger partial charge in [-0.25, -0.2) is 8.42 Å². The Morgan fingerprint density at radius 2 is 2.11 bits per heavy atom. The first-order valence-electron chi connectivity index (χ1n) is 4.64. The van der Waals surface area contributed by atoms with Gasteiger partial charge in [0.2, 0.25) is 0 Å². The van der Waals surface area contributed by atoms with Crippen molar-refractivity contribution < 1.29 is 8.42 Å². The standard InChI is InChI=1S/C9H6ClN5O2S/c1-15-8(13-14-9(15)18(10,16)17)7-3-2-6(4-11)5-12-7/h2-3,5H,1H3. The highest BCUT2D eigenvalue weighted by Crippen LogP contribution is 2.19. The highest BCUT2D eigenvalue weighted by molar-refractivity contribution is 8.13. The highest BCUT2D eigenvalue weighted by Gasteiger charge is 2.21. The molecule has 2 aromatic rings. The van der Waals surface area contributed by atoms with Crippen LogP contribution >= 0.6 is 10.7 Å². The Bertz CT molecular complexity index is 729. The van der Waals surface area contributed by atoms with Crippen molar-refractivity contribution >= 4 is 19.7 Å². The molecule has 0 radical (unpaired) electrons. The minimum absolute atomic E-state index is 0.249. The van der Waals surface area contributed by atoms with Crippen LogP contribution in [0, 0.1) is 11.3 Å². The van der Waals surface area contributed by atoms with Crippen molar-refractivity contribution in [1.29, 1.82) is 5.26 Å². The molecule has 92 valence electrons. The van der Waals surface area contributed by atoms with E-state index in [1.807, 2.05) is 6.07 Å². The van der Waals surface area contributed by atoms with Crippen molar-refractivity contribution in [3.63, 3.8) is 0 Å². The number of nitriles is 1. The Balaban J connectivity index is 2.53. The van der Waals surface area contributed by atoms with Crippen LogP contribution in [-0.2, 0) is 16.1 Å². The van der Waals surface area contributed by atoms with Gasteiger partial charge in [-0.05, 0) is 12.1 Å². The number of halogens is 1. The molecule has 0 atom stereocenters. The van der Waals surface area contributed by atoms with Gasteiger partial charge in [0, 0.05) is 23.9 Å². The zero-order valence-corrected chi connectivity index (χ0v) is 10.6. The minimum Gasteiger partial charge on any atom is -0.299 e. The molecule has 0 bridgehead atoms. The second-order valence-corrected chi connectivity index (χ2v) is 5.81. The molecule has 0 N–H and O–H groups in total. The summed E-state index contributed by atoms with van der Waals surface area (Å²) >= 11 is 0. The van der Waals surface area contributed by atoms with Crippen LogP contribution in [0.2, 0.25) is 0 Å². The molecule has 2 heterocycles. The van der Waals surface area contributed by atoms with Gasteiger partial charge in [-0.2, -0.15) is 5.26 Å². The maximum absolute atomic E-state index is 11.2. The van der Waals surface area contributed by atoms with E-state index in [1.165, 1.54) is 17.8 Å². The van der Waals surface area contributed by atoms with Gasteiger partial charge in [-0.3, -0.25) is 9.55 Å². The van der Waals surface area contributed by atoms with Crippen molar-refractivity contribution in [2.75, 3.05) is 0 Å². The van der Waals surface area contributed by atoms with E-state index in [9.17, 15) is 8.42 Å². The highest BCUT2D eigenvalue weighted by atomic mass is 35.7. The summed E-state index contributed by atoms with van der Waals surface area (Å²) < 4.78 is 23.6. The molecule has 0 aromatic carbocycles. The second-order valence-electron chi connectivity index (χ2n) is 3.35. The molecular formula is C9H6ClN5O2S. The van der Waals surface area contributed by atoms with Gasteiger partial charge in [0.05, 0.1) is 5.56 Å². The lowest BCUT2D eigenvalue weighted by Crippen LogP contribution is -2.03. The van der Waals surface area contributed by atoms with E-state index in [0.717, 1.165) is 0 Å². The fraction of sp³-hybridized carbons (Fsp3) is 0.111. The maximum Gasteiger partial charge on any atom is 0.296 e. The van der Waals surface area contributed by atoms with Gasteiger partial charge < -0.3 is 0 Å². The van der Waals surface area contributed by atoms with Crippen molar-refractivity contribution in [3.05, 3.63) is 23.9 Å². The van der Waals surface area contributed by atoms with Crippen LogP contribution in [0.4, 0.5) is 0 Å². The van der Waals surface area contributed by atoms with Crippen molar-refractivity contribution in [1.82, 2.24) is 19.7 Å². The predicted molar refractivity (Wildman–Crippen MR) is 62.0 cm³/mol. The fourth-order valence-corrected chi connectivity index (χ4v) is 2.30. The molecule has 0 saturated heterocycles. The number of rotatable bonds is 2. The van der Waals surface area contributed by atoms with E-state index in [2.05, 4.69) is 15.2 Å². The average Bonchev–Trinajstić information content (AvgIpc) is 2.71. The molecular weight excluding hydrogens is 278 g/mol. The third kappa shape index (κ3) is 2.18. The molecule has 2 aromatic heterocycles. The van der Waals surface area contributed by atoms with Crippen LogP contribution in [0.1, 0.15) is 5.56 Å². The lowest BCUT2D eigenvalue weighted by molar-refractivity contribution is 0.593. The molecule has 18 heavy (non-hydrogen) atoms. The molecule has 9 heteroatoms. The monoisotopic (exact) mass is 283 g/mol. The maximum atomic E-state index is 11.2. The Kier molecular flexibility index (Phi) is 3.02. The molecule has 2 rings (SSSR count). The fourth-order valence-electron chi connectivity index (χ4n) is 1.34. The van der Waals surface area contributed by atoms with Crippen molar-refractivity contribution in [2.45, 2.75) is 5.16 Å². The molecule has 0 fully saturated rings. The number of hydrogen-bond donors (Lipinski definition) is 0. The van der Waals surface area contributed by atoms with E-state index >= 15 is 0 Å². The first kappa shape index (κ1) is 12.5. The summed E-state index contributed by atoms with van der Waals surface area (Å²) in [5.74, 6) is 0.249. The van der Waals surface area contributed by atoms with Crippen LogP contribution in [-0.4, -0.2) is 28.2 Å². The van der Waals surface area contributed by atoms with Gasteiger partial charge >= 0.3 is 0 Å². The first-order chi connectivity index (χ1) is 8.43. The summed E-state index contributed by atoms with van der Waals surface area (Å²) in [5.41, 5.74) is 0.793. The molecule has 0 unspecified atom stereocenters. The van der Waals surface area contributed by atoms with E-state index in [4.69, 9.17) is 15.9 Å². The minimum atomic E-state index is -3.95. The molecule has 0 aliphatic rings. The molecule has 0 aliphatic heterocycles. The van der Waals surface area contributed by atoms with Gasteiger partial charge in [0.25, 0.3) is 14.2 Å². The number of pyridine rings is 1. The SMILES string of the molecule is Cn1c(-c2ccc(C#N)cn2)nnc1S(=O)(=O)Cl. The lowest BCUT2D eigenvalue weighted by atomic mass is 10.2. The summed E-state index contributed by atoms with van der Waals surface area (Å²) in [7, 11) is 2.71. The van der Waals surface area contributed by atoms with Crippen LogP contribution in [0.3, 0.4) is 0 Å². The van der Waals surface area contributed by atoms with Crippen LogP contribution in [0.25, 0.3) is 11.5 Å². The van der Waals surface area contributed by atoms with E-state index in [1.54, 1.807) is 12.1 Å². The molecule has 0 spiro atoms. The summed E-state index contributed by atoms with van der Waals surface area (Å²) in [6.45, 7) is 0. The molecule has 0 aliphatic carbocycles. The van der Waals surface area contributed by atoms with E-state index in [-0.39, 0.29) is 11.0 Å². The van der Waals surface area contributed by atoms with Crippen LogP contribution in [0.15, 0.2) is 23.5 Å². The summed E-state index contributed by atoms with van der Waals surface area (Å²) in [6.07, 6.45) is 1.36.